The van der Waals surface area contributed by atoms with Crippen LogP contribution < -0.4 is 5.73 Å². The van der Waals surface area contributed by atoms with Crippen molar-refractivity contribution in [2.24, 2.45) is 17.6 Å². The van der Waals surface area contributed by atoms with E-state index in [0.717, 1.165) is 19.4 Å². The number of hydrogen-bond acceptors (Lipinski definition) is 3. The van der Waals surface area contributed by atoms with E-state index in [1.807, 2.05) is 0 Å². The molecule has 4 atom stereocenters. The summed E-state index contributed by atoms with van der Waals surface area (Å²) in [4.78, 5) is 0. The Bertz CT molecular complexity index is 391. The predicted molar refractivity (Wildman–Crippen MR) is 69.8 cm³/mol. The Hall–Kier alpha value is -0.160. The summed E-state index contributed by atoms with van der Waals surface area (Å²) in [6.45, 7) is 1.50. The lowest BCUT2D eigenvalue weighted by Gasteiger charge is -2.28. The maximum atomic E-state index is 5.99. The third kappa shape index (κ3) is 2.01. The van der Waals surface area contributed by atoms with Crippen LogP contribution in [0.2, 0.25) is 0 Å². The first kappa shape index (κ1) is 11.9. The molecule has 17 heavy (non-hydrogen) atoms. The van der Waals surface area contributed by atoms with Crippen LogP contribution in [0.5, 0.6) is 0 Å². The normalized spacial score (nSPS) is 40.3. The van der Waals surface area contributed by atoms with E-state index in [1.54, 1.807) is 7.11 Å². The Labute approximate surface area is 110 Å². The highest BCUT2D eigenvalue weighted by Gasteiger charge is 2.47. The Morgan fingerprint density at radius 2 is 2.35 bits per heavy atom. The minimum absolute atomic E-state index is 0.253. The van der Waals surface area contributed by atoms with Crippen LogP contribution in [-0.2, 0) is 9.47 Å². The average Bonchev–Trinajstić information content (AvgIpc) is 2.84. The molecule has 0 bridgehead atoms. The van der Waals surface area contributed by atoms with E-state index in [-0.39, 0.29) is 6.10 Å². The number of methoxy groups -OCH3 is 1. The standard InChI is InChI=1S/C13H18BrNO2/c1-16-6-7-4-10(9-5-11(9)15)13-8(12(7)14)2-3-17-13/h4,9-11,13H,2-3,5-6,15H2,1H3. The van der Waals surface area contributed by atoms with Crippen molar-refractivity contribution in [3.8, 4) is 0 Å². The highest BCUT2D eigenvalue weighted by Crippen LogP contribution is 2.48. The molecule has 1 saturated carbocycles. The van der Waals surface area contributed by atoms with Gasteiger partial charge in [-0.1, -0.05) is 22.0 Å². The summed E-state index contributed by atoms with van der Waals surface area (Å²) in [6, 6.07) is 0.363. The third-order valence-corrected chi connectivity index (χ3v) is 5.02. The van der Waals surface area contributed by atoms with Crippen LogP contribution in [-0.4, -0.2) is 32.5 Å². The van der Waals surface area contributed by atoms with Crippen molar-refractivity contribution in [2.45, 2.75) is 25.0 Å². The van der Waals surface area contributed by atoms with Crippen molar-refractivity contribution in [3.05, 3.63) is 21.7 Å². The van der Waals surface area contributed by atoms with Crippen molar-refractivity contribution < 1.29 is 9.47 Å². The van der Waals surface area contributed by atoms with Crippen molar-refractivity contribution in [2.75, 3.05) is 20.3 Å². The molecule has 94 valence electrons. The summed E-state index contributed by atoms with van der Waals surface area (Å²) in [5.74, 6) is 1.05. The smallest absolute Gasteiger partial charge is 0.0865 e. The molecule has 3 aliphatic rings. The van der Waals surface area contributed by atoms with Crippen LogP contribution in [0.4, 0.5) is 0 Å². The van der Waals surface area contributed by atoms with Crippen LogP contribution in [0, 0.1) is 11.8 Å². The molecule has 3 nitrogen and oxygen atoms in total. The highest BCUT2D eigenvalue weighted by molar-refractivity contribution is 9.12. The minimum atomic E-state index is 0.253. The summed E-state index contributed by atoms with van der Waals surface area (Å²) in [5.41, 5.74) is 8.65. The van der Waals surface area contributed by atoms with Crippen molar-refractivity contribution in [1.82, 2.24) is 0 Å². The quantitative estimate of drug-likeness (QED) is 0.867. The van der Waals surface area contributed by atoms with Gasteiger partial charge in [0.2, 0.25) is 0 Å². The monoisotopic (exact) mass is 299 g/mol. The van der Waals surface area contributed by atoms with Crippen molar-refractivity contribution in [1.29, 1.82) is 0 Å². The molecule has 3 rings (SSSR count). The summed E-state index contributed by atoms with van der Waals surface area (Å²) < 4.78 is 12.4. The molecule has 1 aliphatic heterocycles. The number of nitrogens with two attached hydrogens (primary N) is 1. The Morgan fingerprint density at radius 1 is 1.59 bits per heavy atom. The lowest BCUT2D eigenvalue weighted by Crippen LogP contribution is -2.28. The van der Waals surface area contributed by atoms with E-state index in [9.17, 15) is 0 Å². The predicted octanol–water partition coefficient (Wildman–Crippen LogP) is 1.97. The van der Waals surface area contributed by atoms with Crippen LogP contribution in [0.15, 0.2) is 21.7 Å². The molecule has 4 unspecified atom stereocenters. The number of hydrogen-bond donors (Lipinski definition) is 1. The van der Waals surface area contributed by atoms with Crippen molar-refractivity contribution in [3.63, 3.8) is 0 Å². The molecule has 4 heteroatoms. The van der Waals surface area contributed by atoms with Gasteiger partial charge in [0.1, 0.15) is 0 Å². The molecule has 0 aromatic heterocycles. The van der Waals surface area contributed by atoms with Gasteiger partial charge >= 0.3 is 0 Å². The summed E-state index contributed by atoms with van der Waals surface area (Å²) in [5, 5.41) is 0. The second-order valence-corrected chi connectivity index (χ2v) is 5.94. The largest absolute Gasteiger partial charge is 0.380 e. The molecule has 0 aromatic rings. The maximum Gasteiger partial charge on any atom is 0.0865 e. The maximum absolute atomic E-state index is 5.99. The van der Waals surface area contributed by atoms with Crippen LogP contribution in [0.1, 0.15) is 12.8 Å². The van der Waals surface area contributed by atoms with E-state index in [0.29, 0.717) is 24.5 Å². The minimum Gasteiger partial charge on any atom is -0.380 e. The lowest BCUT2D eigenvalue weighted by atomic mass is 9.84. The van der Waals surface area contributed by atoms with E-state index in [1.165, 1.54) is 15.6 Å². The molecule has 2 fully saturated rings. The second-order valence-electron chi connectivity index (χ2n) is 5.15. The van der Waals surface area contributed by atoms with Gasteiger partial charge in [-0.2, -0.15) is 0 Å². The topological polar surface area (TPSA) is 44.5 Å². The Morgan fingerprint density at radius 3 is 3.00 bits per heavy atom. The van der Waals surface area contributed by atoms with Crippen LogP contribution >= 0.6 is 15.9 Å². The van der Waals surface area contributed by atoms with Gasteiger partial charge < -0.3 is 15.2 Å². The van der Waals surface area contributed by atoms with Gasteiger partial charge in [0.15, 0.2) is 0 Å². The molecule has 0 amide bonds. The fourth-order valence-electron chi connectivity index (χ4n) is 3.01. The fourth-order valence-corrected chi connectivity index (χ4v) is 3.68. The first-order chi connectivity index (χ1) is 8.22. The zero-order valence-electron chi connectivity index (χ0n) is 9.99. The van der Waals surface area contributed by atoms with Crippen LogP contribution in [0.3, 0.4) is 0 Å². The molecule has 1 heterocycles. The van der Waals surface area contributed by atoms with E-state index in [4.69, 9.17) is 15.2 Å². The summed E-state index contributed by atoms with van der Waals surface area (Å²) >= 11 is 3.69. The Kier molecular flexibility index (Phi) is 3.15. The number of rotatable bonds is 3. The highest BCUT2D eigenvalue weighted by atomic mass is 79.9. The molecule has 0 spiro atoms. The first-order valence-corrected chi connectivity index (χ1v) is 6.97. The SMILES string of the molecule is COCC1=CC(C2CC2N)C2OCCC2=C1Br. The molecule has 2 aliphatic carbocycles. The first-order valence-electron chi connectivity index (χ1n) is 6.18. The molecular formula is C13H18BrNO2. The fraction of sp³-hybridized carbons (Fsp3) is 0.692. The molecule has 2 N–H and O–H groups in total. The number of halogens is 1. The summed E-state index contributed by atoms with van der Waals surface area (Å²) in [7, 11) is 1.74. The van der Waals surface area contributed by atoms with Gasteiger partial charge in [-0.25, -0.2) is 0 Å². The van der Waals surface area contributed by atoms with Gasteiger partial charge in [0.05, 0.1) is 19.3 Å². The van der Waals surface area contributed by atoms with Gasteiger partial charge in [-0.15, -0.1) is 0 Å². The van der Waals surface area contributed by atoms with E-state index in [2.05, 4.69) is 22.0 Å². The van der Waals surface area contributed by atoms with Crippen molar-refractivity contribution >= 4 is 15.9 Å². The summed E-state index contributed by atoms with van der Waals surface area (Å²) in [6.07, 6.45) is 4.73. The van der Waals surface area contributed by atoms with E-state index >= 15 is 0 Å². The van der Waals surface area contributed by atoms with Gasteiger partial charge in [0.25, 0.3) is 0 Å². The molecule has 0 radical (unpaired) electrons. The lowest BCUT2D eigenvalue weighted by molar-refractivity contribution is 0.0841. The van der Waals surface area contributed by atoms with E-state index < -0.39 is 0 Å². The molecule has 1 saturated heterocycles. The number of fused-ring (bicyclic) bond motifs is 1. The average molecular weight is 300 g/mol. The van der Waals surface area contributed by atoms with Crippen LogP contribution in [0.25, 0.3) is 0 Å². The zero-order valence-corrected chi connectivity index (χ0v) is 11.6. The second kappa shape index (κ2) is 4.50. The zero-order chi connectivity index (χ0) is 12.0. The van der Waals surface area contributed by atoms with Gasteiger partial charge in [-0.3, -0.25) is 0 Å². The Balaban J connectivity index is 1.90. The number of ether oxygens (including phenoxy) is 2. The third-order valence-electron chi connectivity index (χ3n) is 4.00. The van der Waals surface area contributed by atoms with Gasteiger partial charge in [0, 0.05) is 23.6 Å². The molecule has 0 aromatic carbocycles. The van der Waals surface area contributed by atoms with Gasteiger partial charge in [-0.05, 0) is 29.9 Å². The molecular weight excluding hydrogens is 282 g/mol.